The average molecular weight is 241 g/mol. The third kappa shape index (κ3) is 3.30. The molecule has 0 amide bonds. The summed E-state index contributed by atoms with van der Waals surface area (Å²) in [5.74, 6) is -0.0849. The van der Waals surface area contributed by atoms with E-state index in [2.05, 4.69) is 0 Å². The van der Waals surface area contributed by atoms with Crippen LogP contribution in [0.5, 0.6) is 0 Å². The lowest BCUT2D eigenvalue weighted by Crippen LogP contribution is -2.26. The predicted molar refractivity (Wildman–Crippen MR) is 66.8 cm³/mol. The Morgan fingerprint density at radius 1 is 1.50 bits per heavy atom. The molecule has 0 bridgehead atoms. The van der Waals surface area contributed by atoms with Gasteiger partial charge in [-0.2, -0.15) is 0 Å². The van der Waals surface area contributed by atoms with Gasteiger partial charge in [-0.3, -0.25) is 4.79 Å². The topological polar surface area (TPSA) is 46.3 Å². The Labute approximate surface area is 101 Å². The summed E-state index contributed by atoms with van der Waals surface area (Å²) >= 11 is 6.10. The number of halogens is 1. The minimum Gasteiger partial charge on any atom is -0.321 e. The smallest absolute Gasteiger partial charge is 0.179 e. The highest BCUT2D eigenvalue weighted by Crippen LogP contribution is 2.19. The van der Waals surface area contributed by atoms with Crippen molar-refractivity contribution in [2.75, 3.05) is 14.1 Å². The van der Waals surface area contributed by atoms with Gasteiger partial charge in [-0.1, -0.05) is 23.7 Å². The van der Waals surface area contributed by atoms with E-state index >= 15 is 0 Å². The molecule has 0 saturated carbocycles. The molecule has 1 rings (SSSR count). The van der Waals surface area contributed by atoms with Crippen LogP contribution in [0.15, 0.2) is 18.2 Å². The van der Waals surface area contributed by atoms with Crippen LogP contribution in [0.4, 0.5) is 0 Å². The van der Waals surface area contributed by atoms with E-state index in [0.29, 0.717) is 10.6 Å². The maximum atomic E-state index is 11.6. The number of rotatable bonds is 4. The first-order valence-corrected chi connectivity index (χ1v) is 5.52. The molecule has 4 heteroatoms. The molecule has 0 saturated heterocycles. The Morgan fingerprint density at radius 3 is 2.56 bits per heavy atom. The second-order valence-electron chi connectivity index (χ2n) is 4.20. The summed E-state index contributed by atoms with van der Waals surface area (Å²) in [4.78, 5) is 13.7. The lowest BCUT2D eigenvalue weighted by Gasteiger charge is -2.12. The number of carbonyl (C=O) groups excluding carboxylic acids is 1. The van der Waals surface area contributed by atoms with Gasteiger partial charge in [0, 0.05) is 17.1 Å². The van der Waals surface area contributed by atoms with Crippen molar-refractivity contribution in [3.63, 3.8) is 0 Å². The van der Waals surface area contributed by atoms with Gasteiger partial charge in [-0.25, -0.2) is 0 Å². The number of hydrogen-bond donors (Lipinski definition) is 1. The number of carbonyl (C=O) groups is 1. The van der Waals surface area contributed by atoms with Crippen LogP contribution in [0, 0.1) is 0 Å². The number of hydrogen-bond acceptors (Lipinski definition) is 3. The lowest BCUT2D eigenvalue weighted by atomic mass is 10.0. The summed E-state index contributed by atoms with van der Waals surface area (Å²) < 4.78 is 0. The van der Waals surface area contributed by atoms with Crippen LogP contribution < -0.4 is 5.73 Å². The first-order chi connectivity index (χ1) is 7.41. The van der Waals surface area contributed by atoms with Gasteiger partial charge in [0.25, 0.3) is 0 Å². The summed E-state index contributed by atoms with van der Waals surface area (Å²) in [5.41, 5.74) is 7.12. The Balaban J connectivity index is 2.95. The predicted octanol–water partition coefficient (Wildman–Crippen LogP) is 1.93. The molecule has 0 fully saturated rings. The third-order valence-corrected chi connectivity index (χ3v) is 2.59. The van der Waals surface area contributed by atoms with E-state index in [1.165, 1.54) is 0 Å². The van der Waals surface area contributed by atoms with Gasteiger partial charge in [0.05, 0.1) is 6.04 Å². The van der Waals surface area contributed by atoms with Crippen LogP contribution in [0.3, 0.4) is 0 Å². The molecule has 0 aromatic heterocycles. The van der Waals surface area contributed by atoms with Gasteiger partial charge < -0.3 is 10.6 Å². The van der Waals surface area contributed by atoms with Crippen LogP contribution in [0.25, 0.3) is 0 Å². The number of nitrogens with zero attached hydrogens (tertiary/aromatic N) is 1. The number of Topliss-reactive ketones (excluding diaryl/α,β-unsaturated/α-hetero) is 1. The van der Waals surface area contributed by atoms with Crippen molar-refractivity contribution in [1.82, 2.24) is 4.90 Å². The van der Waals surface area contributed by atoms with E-state index in [4.69, 9.17) is 17.3 Å². The van der Waals surface area contributed by atoms with Crippen LogP contribution in [-0.4, -0.2) is 30.8 Å². The minimum absolute atomic E-state index is 0.0849. The van der Waals surface area contributed by atoms with Crippen LogP contribution in [0.2, 0.25) is 5.02 Å². The molecule has 16 heavy (non-hydrogen) atoms. The zero-order chi connectivity index (χ0) is 12.3. The zero-order valence-corrected chi connectivity index (χ0v) is 10.6. The molecule has 1 aromatic carbocycles. The SMILES string of the molecule is CC(N)C(=O)c1ccc(CN(C)C)c(Cl)c1. The van der Waals surface area contributed by atoms with Gasteiger partial charge in [-0.05, 0) is 32.6 Å². The van der Waals surface area contributed by atoms with E-state index in [1.54, 1.807) is 19.1 Å². The molecule has 1 aromatic rings. The van der Waals surface area contributed by atoms with Crippen molar-refractivity contribution < 1.29 is 4.79 Å². The molecule has 3 nitrogen and oxygen atoms in total. The molecule has 1 atom stereocenters. The molecule has 0 spiro atoms. The molecule has 0 aliphatic carbocycles. The Morgan fingerprint density at radius 2 is 2.12 bits per heavy atom. The summed E-state index contributed by atoms with van der Waals surface area (Å²) in [6.45, 7) is 2.43. The summed E-state index contributed by atoms with van der Waals surface area (Å²) in [6.07, 6.45) is 0. The van der Waals surface area contributed by atoms with Crippen LogP contribution in [0.1, 0.15) is 22.8 Å². The first-order valence-electron chi connectivity index (χ1n) is 5.14. The van der Waals surface area contributed by atoms with Crippen molar-refractivity contribution in [2.24, 2.45) is 5.73 Å². The molecule has 0 heterocycles. The third-order valence-electron chi connectivity index (χ3n) is 2.24. The van der Waals surface area contributed by atoms with Crippen LogP contribution >= 0.6 is 11.6 Å². The molecular weight excluding hydrogens is 224 g/mol. The normalized spacial score (nSPS) is 12.9. The van der Waals surface area contributed by atoms with Crippen molar-refractivity contribution in [3.05, 3.63) is 34.3 Å². The van der Waals surface area contributed by atoms with Crippen molar-refractivity contribution in [2.45, 2.75) is 19.5 Å². The minimum atomic E-state index is -0.490. The van der Waals surface area contributed by atoms with Crippen LogP contribution in [-0.2, 0) is 6.54 Å². The monoisotopic (exact) mass is 240 g/mol. The van der Waals surface area contributed by atoms with Gasteiger partial charge in [-0.15, -0.1) is 0 Å². The summed E-state index contributed by atoms with van der Waals surface area (Å²) in [6, 6.07) is 4.84. The lowest BCUT2D eigenvalue weighted by molar-refractivity contribution is 0.0968. The second kappa shape index (κ2) is 5.43. The van der Waals surface area contributed by atoms with Crippen molar-refractivity contribution >= 4 is 17.4 Å². The Kier molecular flexibility index (Phi) is 4.47. The van der Waals surface area contributed by atoms with E-state index < -0.39 is 6.04 Å². The summed E-state index contributed by atoms with van der Waals surface area (Å²) in [7, 11) is 3.94. The number of ketones is 1. The highest BCUT2D eigenvalue weighted by atomic mass is 35.5. The fourth-order valence-electron chi connectivity index (χ4n) is 1.43. The maximum Gasteiger partial charge on any atom is 0.179 e. The van der Waals surface area contributed by atoms with Crippen molar-refractivity contribution in [1.29, 1.82) is 0 Å². The molecule has 2 N–H and O–H groups in total. The van der Waals surface area contributed by atoms with Gasteiger partial charge in [0.2, 0.25) is 0 Å². The van der Waals surface area contributed by atoms with E-state index in [1.807, 2.05) is 25.1 Å². The number of nitrogens with two attached hydrogens (primary N) is 1. The van der Waals surface area contributed by atoms with E-state index in [-0.39, 0.29) is 5.78 Å². The largest absolute Gasteiger partial charge is 0.321 e. The van der Waals surface area contributed by atoms with Gasteiger partial charge in [0.15, 0.2) is 5.78 Å². The maximum absolute atomic E-state index is 11.6. The van der Waals surface area contributed by atoms with Crippen molar-refractivity contribution in [3.8, 4) is 0 Å². The van der Waals surface area contributed by atoms with E-state index in [9.17, 15) is 4.79 Å². The molecule has 0 aliphatic rings. The van der Waals surface area contributed by atoms with Gasteiger partial charge >= 0.3 is 0 Å². The average Bonchev–Trinajstić information content (AvgIpc) is 2.19. The first kappa shape index (κ1) is 13.2. The quantitative estimate of drug-likeness (QED) is 0.819. The van der Waals surface area contributed by atoms with E-state index in [0.717, 1.165) is 12.1 Å². The molecule has 0 radical (unpaired) electrons. The molecule has 88 valence electrons. The fourth-order valence-corrected chi connectivity index (χ4v) is 1.67. The standard InChI is InChI=1S/C12H17ClN2O/c1-8(14)12(16)9-4-5-10(7-15(2)3)11(13)6-9/h4-6,8H,7,14H2,1-3H3. The molecule has 0 aliphatic heterocycles. The molecular formula is C12H17ClN2O. The second-order valence-corrected chi connectivity index (χ2v) is 4.60. The van der Waals surface area contributed by atoms with Gasteiger partial charge in [0.1, 0.15) is 0 Å². The molecule has 1 unspecified atom stereocenters. The fraction of sp³-hybridized carbons (Fsp3) is 0.417. The number of benzene rings is 1. The zero-order valence-electron chi connectivity index (χ0n) is 9.83. The highest BCUT2D eigenvalue weighted by molar-refractivity contribution is 6.31. The highest BCUT2D eigenvalue weighted by Gasteiger charge is 2.12. The summed E-state index contributed by atoms with van der Waals surface area (Å²) in [5, 5.41) is 0.611. The Hall–Kier alpha value is -0.900. The Bertz CT molecular complexity index is 389.